The number of aryl methyl sites for hydroxylation is 2. The minimum absolute atomic E-state index is 0.0990. The van der Waals surface area contributed by atoms with Crippen LogP contribution in [0.25, 0.3) is 0 Å². The molecule has 0 saturated heterocycles. The van der Waals surface area contributed by atoms with E-state index in [-0.39, 0.29) is 6.04 Å². The van der Waals surface area contributed by atoms with Crippen molar-refractivity contribution in [1.29, 1.82) is 0 Å². The number of halogens is 3. The maximum absolute atomic E-state index is 11.9. The van der Waals surface area contributed by atoms with E-state index in [0.717, 1.165) is 24.4 Å². The summed E-state index contributed by atoms with van der Waals surface area (Å²) in [6.07, 6.45) is -1.05. The second-order valence-electron chi connectivity index (χ2n) is 4.86. The highest BCUT2D eigenvalue weighted by Crippen LogP contribution is 2.16. The number of hydrogen-bond acceptors (Lipinski definition) is 3. The molecule has 1 aliphatic heterocycles. The van der Waals surface area contributed by atoms with Gasteiger partial charge in [-0.2, -0.15) is 13.2 Å². The average Bonchev–Trinajstić information content (AvgIpc) is 2.66. The quantitative estimate of drug-likeness (QED) is 0.907. The number of imidazole rings is 1. The van der Waals surface area contributed by atoms with E-state index >= 15 is 0 Å². The third-order valence-corrected chi connectivity index (χ3v) is 2.98. The van der Waals surface area contributed by atoms with E-state index in [4.69, 9.17) is 0 Å². The first-order valence-corrected chi connectivity index (χ1v) is 6.30. The summed E-state index contributed by atoms with van der Waals surface area (Å²) >= 11 is 0. The molecular formula is C12H16F3N3O2. The SMILES string of the molecule is Cc1cn2c(n1)CC[C@H](NC(=O)COCC(F)(F)F)C2. The van der Waals surface area contributed by atoms with Crippen LogP contribution in [0.1, 0.15) is 17.9 Å². The van der Waals surface area contributed by atoms with Crippen molar-refractivity contribution in [2.24, 2.45) is 0 Å². The molecule has 2 heterocycles. The molecule has 1 aromatic heterocycles. The smallest absolute Gasteiger partial charge is 0.362 e. The lowest BCUT2D eigenvalue weighted by atomic mass is 10.1. The van der Waals surface area contributed by atoms with Gasteiger partial charge in [-0.05, 0) is 13.3 Å². The van der Waals surface area contributed by atoms with Crippen molar-refractivity contribution < 1.29 is 22.7 Å². The van der Waals surface area contributed by atoms with Gasteiger partial charge in [-0.25, -0.2) is 4.98 Å². The Kier molecular flexibility index (Phi) is 4.32. The minimum atomic E-state index is -4.41. The zero-order valence-electron chi connectivity index (χ0n) is 11.0. The maximum Gasteiger partial charge on any atom is 0.411 e. The fourth-order valence-electron chi connectivity index (χ4n) is 2.23. The lowest BCUT2D eigenvalue weighted by molar-refractivity contribution is -0.175. The Morgan fingerprint density at radius 3 is 3.05 bits per heavy atom. The van der Waals surface area contributed by atoms with Crippen LogP contribution >= 0.6 is 0 Å². The number of rotatable bonds is 4. The van der Waals surface area contributed by atoms with Crippen molar-refractivity contribution in [1.82, 2.24) is 14.9 Å². The van der Waals surface area contributed by atoms with Gasteiger partial charge in [0.05, 0.1) is 5.69 Å². The summed E-state index contributed by atoms with van der Waals surface area (Å²) in [5.41, 5.74) is 0.917. The summed E-state index contributed by atoms with van der Waals surface area (Å²) < 4.78 is 41.9. The molecular weight excluding hydrogens is 275 g/mol. The molecule has 1 aliphatic rings. The first-order valence-electron chi connectivity index (χ1n) is 6.30. The van der Waals surface area contributed by atoms with E-state index in [9.17, 15) is 18.0 Å². The summed E-state index contributed by atoms with van der Waals surface area (Å²) in [4.78, 5) is 15.8. The molecule has 0 spiro atoms. The molecule has 1 N–H and O–H groups in total. The number of carbonyl (C=O) groups excluding carboxylic acids is 1. The first-order chi connectivity index (χ1) is 9.33. The van der Waals surface area contributed by atoms with Crippen LogP contribution in [0.4, 0.5) is 13.2 Å². The number of carbonyl (C=O) groups is 1. The Labute approximate surface area is 114 Å². The number of alkyl halides is 3. The monoisotopic (exact) mass is 291 g/mol. The van der Waals surface area contributed by atoms with E-state index in [1.54, 1.807) is 0 Å². The number of fused-ring (bicyclic) bond motifs is 1. The Morgan fingerprint density at radius 1 is 1.60 bits per heavy atom. The number of hydrogen-bond donors (Lipinski definition) is 1. The Hall–Kier alpha value is -1.57. The maximum atomic E-state index is 11.9. The van der Waals surface area contributed by atoms with E-state index in [1.807, 2.05) is 17.7 Å². The predicted molar refractivity (Wildman–Crippen MR) is 64.1 cm³/mol. The van der Waals surface area contributed by atoms with Gasteiger partial charge in [0, 0.05) is 25.2 Å². The van der Waals surface area contributed by atoms with Crippen LogP contribution in [0.2, 0.25) is 0 Å². The van der Waals surface area contributed by atoms with E-state index in [1.165, 1.54) is 0 Å². The summed E-state index contributed by atoms with van der Waals surface area (Å²) in [5, 5.41) is 2.68. The zero-order valence-corrected chi connectivity index (χ0v) is 11.0. The third-order valence-electron chi connectivity index (χ3n) is 2.98. The molecule has 112 valence electrons. The van der Waals surface area contributed by atoms with Gasteiger partial charge >= 0.3 is 6.18 Å². The van der Waals surface area contributed by atoms with Crippen molar-refractivity contribution in [3.05, 3.63) is 17.7 Å². The fourth-order valence-corrected chi connectivity index (χ4v) is 2.23. The molecule has 0 radical (unpaired) electrons. The van der Waals surface area contributed by atoms with E-state index in [0.29, 0.717) is 6.54 Å². The topological polar surface area (TPSA) is 56.2 Å². The molecule has 5 nitrogen and oxygen atoms in total. The second-order valence-corrected chi connectivity index (χ2v) is 4.86. The molecule has 2 rings (SSSR count). The standard InChI is InChI=1S/C12H16F3N3O2/c1-8-4-18-5-9(2-3-10(18)16-8)17-11(19)6-20-7-12(13,14)15/h4,9H,2-3,5-7H2,1H3,(H,17,19)/t9-/m0/s1. The molecule has 0 unspecified atom stereocenters. The summed E-state index contributed by atoms with van der Waals surface area (Å²) in [5.74, 6) is 0.445. The summed E-state index contributed by atoms with van der Waals surface area (Å²) in [6, 6.07) is -0.0990. The number of ether oxygens (including phenoxy) is 1. The third kappa shape index (κ3) is 4.22. The van der Waals surface area contributed by atoms with Crippen molar-refractivity contribution in [3.8, 4) is 0 Å². The second kappa shape index (κ2) is 5.82. The average molecular weight is 291 g/mol. The van der Waals surface area contributed by atoms with Gasteiger partial charge in [0.1, 0.15) is 19.0 Å². The van der Waals surface area contributed by atoms with Crippen molar-refractivity contribution in [2.45, 2.75) is 38.5 Å². The molecule has 1 aromatic rings. The normalized spacial score (nSPS) is 18.7. The Bertz CT molecular complexity index is 485. The first kappa shape index (κ1) is 14.8. The molecule has 0 aliphatic carbocycles. The predicted octanol–water partition coefficient (Wildman–Crippen LogP) is 1.20. The zero-order chi connectivity index (χ0) is 14.8. The van der Waals surface area contributed by atoms with Crippen LogP contribution in [0.3, 0.4) is 0 Å². The number of amides is 1. The van der Waals surface area contributed by atoms with Crippen LogP contribution < -0.4 is 5.32 Å². The molecule has 1 atom stereocenters. The van der Waals surface area contributed by atoms with Gasteiger partial charge in [-0.15, -0.1) is 0 Å². The summed E-state index contributed by atoms with van der Waals surface area (Å²) in [7, 11) is 0. The minimum Gasteiger partial charge on any atom is -0.362 e. The lowest BCUT2D eigenvalue weighted by Gasteiger charge is -2.24. The van der Waals surface area contributed by atoms with Crippen molar-refractivity contribution in [2.75, 3.05) is 13.2 Å². The van der Waals surface area contributed by atoms with E-state index < -0.39 is 25.3 Å². The molecule has 0 saturated carbocycles. The molecule has 0 fully saturated rings. The highest BCUT2D eigenvalue weighted by molar-refractivity contribution is 5.77. The Morgan fingerprint density at radius 2 is 2.35 bits per heavy atom. The number of aromatic nitrogens is 2. The van der Waals surface area contributed by atoms with Crippen LogP contribution in [0.15, 0.2) is 6.20 Å². The molecule has 20 heavy (non-hydrogen) atoms. The molecule has 8 heteroatoms. The molecule has 0 aromatic carbocycles. The number of nitrogens with zero attached hydrogens (tertiary/aromatic N) is 2. The van der Waals surface area contributed by atoms with Gasteiger partial charge in [-0.1, -0.05) is 0 Å². The highest BCUT2D eigenvalue weighted by Gasteiger charge is 2.28. The highest BCUT2D eigenvalue weighted by atomic mass is 19.4. The fraction of sp³-hybridized carbons (Fsp3) is 0.667. The van der Waals surface area contributed by atoms with Crippen LogP contribution in [0, 0.1) is 6.92 Å². The van der Waals surface area contributed by atoms with Gasteiger partial charge in [0.25, 0.3) is 0 Å². The Balaban J connectivity index is 1.76. The van der Waals surface area contributed by atoms with Crippen LogP contribution in [-0.2, 0) is 22.5 Å². The van der Waals surface area contributed by atoms with Crippen LogP contribution in [0.5, 0.6) is 0 Å². The molecule has 1 amide bonds. The lowest BCUT2D eigenvalue weighted by Crippen LogP contribution is -2.42. The van der Waals surface area contributed by atoms with Crippen molar-refractivity contribution >= 4 is 5.91 Å². The van der Waals surface area contributed by atoms with Gasteiger partial charge in [0.2, 0.25) is 5.91 Å². The summed E-state index contributed by atoms with van der Waals surface area (Å²) in [6.45, 7) is 0.493. The van der Waals surface area contributed by atoms with Gasteiger partial charge < -0.3 is 14.6 Å². The van der Waals surface area contributed by atoms with Gasteiger partial charge in [-0.3, -0.25) is 4.79 Å². The van der Waals surface area contributed by atoms with Crippen LogP contribution in [-0.4, -0.2) is 40.9 Å². The van der Waals surface area contributed by atoms with Crippen molar-refractivity contribution in [3.63, 3.8) is 0 Å². The number of nitrogens with one attached hydrogen (secondary N) is 1. The van der Waals surface area contributed by atoms with E-state index in [2.05, 4.69) is 15.0 Å². The molecule has 0 bridgehead atoms. The largest absolute Gasteiger partial charge is 0.411 e. The van der Waals surface area contributed by atoms with Gasteiger partial charge in [0.15, 0.2) is 0 Å².